The van der Waals surface area contributed by atoms with Gasteiger partial charge in [-0.05, 0) is 5.56 Å². The van der Waals surface area contributed by atoms with Crippen LogP contribution < -0.4 is 5.73 Å². The molecule has 2 aromatic rings. The molecule has 0 unspecified atom stereocenters. The molecule has 0 bridgehead atoms. The van der Waals surface area contributed by atoms with Crippen LogP contribution in [0, 0.1) is 5.41 Å². The van der Waals surface area contributed by atoms with Crippen LogP contribution in [0.5, 0.6) is 0 Å². The molecule has 1 heterocycles. The van der Waals surface area contributed by atoms with Crippen LogP contribution in [0.25, 0.3) is 0 Å². The summed E-state index contributed by atoms with van der Waals surface area (Å²) in [5, 5.41) is 7.01. The van der Waals surface area contributed by atoms with Crippen LogP contribution in [0.15, 0.2) is 42.9 Å². The van der Waals surface area contributed by atoms with Crippen LogP contribution in [0.2, 0.25) is 0 Å². The lowest BCUT2D eigenvalue weighted by Gasteiger charge is -1.96. The molecule has 4 N–H and O–H groups in total. The third kappa shape index (κ3) is 5.27. The highest BCUT2D eigenvalue weighted by Gasteiger charge is 1.90. The molecule has 0 fully saturated rings. The number of nitrogens with zero attached hydrogens (tertiary/aromatic N) is 1. The summed E-state index contributed by atoms with van der Waals surface area (Å²) in [6.45, 7) is 0. The summed E-state index contributed by atoms with van der Waals surface area (Å²) >= 11 is 0. The lowest BCUT2D eigenvalue weighted by Crippen LogP contribution is -2.12. The van der Waals surface area contributed by atoms with Gasteiger partial charge >= 0.3 is 0 Å². The molecule has 1 aromatic heterocycles. The molecule has 88 valence electrons. The van der Waals surface area contributed by atoms with Crippen LogP contribution in [0.1, 0.15) is 16.1 Å². The number of nitrogens with two attached hydrogens (primary N) is 1. The van der Waals surface area contributed by atoms with Gasteiger partial charge in [0, 0.05) is 6.42 Å². The highest BCUT2D eigenvalue weighted by atomic mass is 16.1. The van der Waals surface area contributed by atoms with Gasteiger partial charge in [-0.1, -0.05) is 30.3 Å². The van der Waals surface area contributed by atoms with Gasteiger partial charge in [0.15, 0.2) is 6.29 Å². The topological polar surface area (TPSA) is 95.6 Å². The molecule has 17 heavy (non-hydrogen) atoms. The third-order valence-electron chi connectivity index (χ3n) is 1.88. The van der Waals surface area contributed by atoms with Crippen molar-refractivity contribution in [3.63, 3.8) is 0 Å². The maximum Gasteiger partial charge on any atom is 0.167 e. The maximum atomic E-state index is 9.80. The molecule has 0 atom stereocenters. The van der Waals surface area contributed by atoms with Crippen molar-refractivity contribution < 1.29 is 4.79 Å². The summed E-state index contributed by atoms with van der Waals surface area (Å²) in [5.41, 5.74) is 6.81. The highest BCUT2D eigenvalue weighted by Crippen LogP contribution is 1.97. The first-order chi connectivity index (χ1) is 8.22. The molecule has 0 aliphatic carbocycles. The molecule has 0 aliphatic heterocycles. The smallest absolute Gasteiger partial charge is 0.167 e. The Morgan fingerprint density at radius 1 is 1.41 bits per heavy atom. The number of aromatic amines is 1. The minimum atomic E-state index is 0.214. The molecular weight excluding hydrogens is 216 g/mol. The summed E-state index contributed by atoms with van der Waals surface area (Å²) in [6, 6.07) is 9.75. The van der Waals surface area contributed by atoms with E-state index in [1.54, 1.807) is 0 Å². The van der Waals surface area contributed by atoms with E-state index >= 15 is 0 Å². The Morgan fingerprint density at radius 2 is 2.12 bits per heavy atom. The summed E-state index contributed by atoms with van der Waals surface area (Å²) in [5.74, 6) is 0.214. The minimum absolute atomic E-state index is 0.214. The molecule has 5 heteroatoms. The Bertz CT molecular complexity index is 451. The fourth-order valence-corrected chi connectivity index (χ4v) is 1.15. The van der Waals surface area contributed by atoms with Crippen LogP contribution in [-0.4, -0.2) is 22.1 Å². The number of amidine groups is 1. The first-order valence-electron chi connectivity index (χ1n) is 5.02. The number of aromatic nitrogens is 2. The van der Waals surface area contributed by atoms with E-state index < -0.39 is 0 Å². The molecular formula is C12H14N4O. The zero-order valence-electron chi connectivity index (χ0n) is 9.26. The van der Waals surface area contributed by atoms with E-state index in [0.29, 0.717) is 18.4 Å². The van der Waals surface area contributed by atoms with Crippen molar-refractivity contribution in [2.24, 2.45) is 5.73 Å². The number of carbonyl (C=O) groups is 1. The number of benzene rings is 1. The van der Waals surface area contributed by atoms with Crippen molar-refractivity contribution in [3.05, 3.63) is 54.1 Å². The van der Waals surface area contributed by atoms with Gasteiger partial charge in [0.05, 0.1) is 24.1 Å². The van der Waals surface area contributed by atoms with Crippen molar-refractivity contribution in [3.8, 4) is 0 Å². The standard InChI is InChI=1S/C8H10N2.C4H4N2O/c9-8(10)6-7-4-2-1-3-5-7;7-2-4-1-5-3-6-4/h1-5H,6H2,(H3,9,10);1-3H,(H,5,6). The van der Waals surface area contributed by atoms with E-state index in [2.05, 4.69) is 9.97 Å². The van der Waals surface area contributed by atoms with Crippen LogP contribution in [0.4, 0.5) is 0 Å². The Morgan fingerprint density at radius 3 is 2.53 bits per heavy atom. The second-order valence-corrected chi connectivity index (χ2v) is 3.31. The number of H-pyrrole nitrogens is 1. The van der Waals surface area contributed by atoms with E-state index in [9.17, 15) is 4.79 Å². The monoisotopic (exact) mass is 230 g/mol. The van der Waals surface area contributed by atoms with Crippen LogP contribution in [-0.2, 0) is 6.42 Å². The second kappa shape index (κ2) is 6.95. The Kier molecular flexibility index (Phi) is 5.16. The maximum absolute atomic E-state index is 9.80. The van der Waals surface area contributed by atoms with Crippen molar-refractivity contribution in [1.82, 2.24) is 9.97 Å². The Balaban J connectivity index is 0.000000181. The molecule has 0 saturated heterocycles. The fourth-order valence-electron chi connectivity index (χ4n) is 1.15. The number of aldehydes is 1. The Hall–Kier alpha value is -2.43. The van der Waals surface area contributed by atoms with E-state index in [1.165, 1.54) is 12.5 Å². The van der Waals surface area contributed by atoms with Crippen LogP contribution in [0.3, 0.4) is 0 Å². The fraction of sp³-hybridized carbons (Fsp3) is 0.0833. The first-order valence-corrected chi connectivity index (χ1v) is 5.02. The minimum Gasteiger partial charge on any atom is -0.387 e. The van der Waals surface area contributed by atoms with E-state index in [1.807, 2.05) is 30.3 Å². The predicted molar refractivity (Wildman–Crippen MR) is 66.0 cm³/mol. The average molecular weight is 230 g/mol. The lowest BCUT2D eigenvalue weighted by atomic mass is 10.1. The zero-order chi connectivity index (χ0) is 12.5. The molecule has 5 nitrogen and oxygen atoms in total. The number of nitrogens with one attached hydrogen (secondary N) is 2. The second-order valence-electron chi connectivity index (χ2n) is 3.31. The quantitative estimate of drug-likeness (QED) is 0.422. The number of rotatable bonds is 3. The van der Waals surface area contributed by atoms with Crippen molar-refractivity contribution in [1.29, 1.82) is 5.41 Å². The summed E-state index contributed by atoms with van der Waals surface area (Å²) in [7, 11) is 0. The van der Waals surface area contributed by atoms with Gasteiger partial charge in [-0.2, -0.15) is 0 Å². The van der Waals surface area contributed by atoms with Crippen molar-refractivity contribution >= 4 is 12.1 Å². The number of hydrogen-bond acceptors (Lipinski definition) is 3. The van der Waals surface area contributed by atoms with Gasteiger partial charge < -0.3 is 10.7 Å². The SMILES string of the molecule is N=C(N)Cc1ccccc1.O=Cc1cnc[nH]1. The molecule has 0 saturated carbocycles. The molecule has 1 aromatic carbocycles. The summed E-state index contributed by atoms with van der Waals surface area (Å²) in [6.07, 6.45) is 4.20. The molecule has 0 spiro atoms. The number of hydrogen-bond donors (Lipinski definition) is 3. The van der Waals surface area contributed by atoms with Gasteiger partial charge in [0.25, 0.3) is 0 Å². The number of carbonyl (C=O) groups excluding carboxylic acids is 1. The lowest BCUT2D eigenvalue weighted by molar-refractivity contribution is 0.111. The largest absolute Gasteiger partial charge is 0.387 e. The van der Waals surface area contributed by atoms with E-state index in [-0.39, 0.29) is 5.84 Å². The normalized spacial score (nSPS) is 8.94. The third-order valence-corrected chi connectivity index (χ3v) is 1.88. The zero-order valence-corrected chi connectivity index (χ0v) is 9.26. The molecule has 0 amide bonds. The van der Waals surface area contributed by atoms with Gasteiger partial charge in [-0.3, -0.25) is 10.2 Å². The summed E-state index contributed by atoms with van der Waals surface area (Å²) < 4.78 is 0. The van der Waals surface area contributed by atoms with Crippen LogP contribution >= 0.6 is 0 Å². The highest BCUT2D eigenvalue weighted by molar-refractivity contribution is 5.79. The van der Waals surface area contributed by atoms with Crippen molar-refractivity contribution in [2.45, 2.75) is 6.42 Å². The van der Waals surface area contributed by atoms with Gasteiger partial charge in [0.1, 0.15) is 0 Å². The molecule has 0 aliphatic rings. The Labute approximate surface area is 99.2 Å². The van der Waals surface area contributed by atoms with Gasteiger partial charge in [-0.15, -0.1) is 0 Å². The van der Waals surface area contributed by atoms with E-state index in [0.717, 1.165) is 5.56 Å². The average Bonchev–Trinajstić information content (AvgIpc) is 2.83. The van der Waals surface area contributed by atoms with Crippen molar-refractivity contribution in [2.75, 3.05) is 0 Å². The van der Waals surface area contributed by atoms with Gasteiger partial charge in [0.2, 0.25) is 0 Å². The van der Waals surface area contributed by atoms with E-state index in [4.69, 9.17) is 11.1 Å². The predicted octanol–water partition coefficient (Wildman–Crippen LogP) is 1.39. The number of imidazole rings is 1. The molecule has 2 rings (SSSR count). The first kappa shape index (κ1) is 12.6. The summed E-state index contributed by atoms with van der Waals surface area (Å²) in [4.78, 5) is 16.0. The van der Waals surface area contributed by atoms with Gasteiger partial charge in [-0.25, -0.2) is 4.98 Å². The molecule has 0 radical (unpaired) electrons.